The summed E-state index contributed by atoms with van der Waals surface area (Å²) in [4.78, 5) is 0. The lowest BCUT2D eigenvalue weighted by molar-refractivity contribution is 1.51. The number of fused-ring (bicyclic) bond motifs is 9. The Hall–Kier alpha value is -5.98. The number of benzene rings is 9. The highest BCUT2D eigenvalue weighted by Gasteiger charge is 2.25. The van der Waals surface area contributed by atoms with Gasteiger partial charge in [0.15, 0.2) is 0 Å². The number of hydrogen-bond donors (Lipinski definition) is 0. The van der Waals surface area contributed by atoms with E-state index in [4.69, 9.17) is 0 Å². The first kappa shape index (κ1) is 26.1. The van der Waals surface area contributed by atoms with Crippen LogP contribution in [0, 0.1) is 13.8 Å². The molecule has 0 aliphatic heterocycles. The molecule has 0 amide bonds. The topological polar surface area (TPSA) is 0 Å². The Labute approximate surface area is 278 Å². The van der Waals surface area contributed by atoms with Crippen molar-refractivity contribution in [1.82, 2.24) is 0 Å². The Morgan fingerprint density at radius 2 is 0.875 bits per heavy atom. The van der Waals surface area contributed by atoms with Crippen LogP contribution < -0.4 is 0 Å². The van der Waals surface area contributed by atoms with E-state index in [0.717, 1.165) is 0 Å². The molecule has 0 heteroatoms. The van der Waals surface area contributed by atoms with Crippen molar-refractivity contribution in [3.05, 3.63) is 157 Å². The van der Waals surface area contributed by atoms with Crippen LogP contribution >= 0.6 is 0 Å². The standard InChI is InChI=1S/C48H30/c1-27-19-21-33-32(23-27)24-38-37-25-40-41(26-39(37)42-28(2)20-22-34(33)46(38)42)45(31-13-7-4-8-14-31)48-36-18-10-16-29-15-9-17-35(43(29)36)47(48)44(40)30-11-5-3-6-12-30/h3-26H,1-2H3. The highest BCUT2D eigenvalue weighted by molar-refractivity contribution is 6.42. The van der Waals surface area contributed by atoms with Gasteiger partial charge in [-0.15, -0.1) is 0 Å². The third-order valence-corrected chi connectivity index (χ3v) is 11.1. The Bertz CT molecular complexity index is 3090. The second kappa shape index (κ2) is 9.31. The zero-order chi connectivity index (χ0) is 31.7. The van der Waals surface area contributed by atoms with Crippen LogP contribution in [0.4, 0.5) is 0 Å². The fraction of sp³-hybridized carbons (Fsp3) is 0.0417. The van der Waals surface area contributed by atoms with E-state index in [1.807, 2.05) is 0 Å². The predicted octanol–water partition coefficient (Wildman–Crippen LogP) is 13.7. The SMILES string of the molecule is Cc1ccc2c(c1)cc1c3cc4c(-c5ccccc5)c5c6cccc7cccc(c5c(-c5ccccc5)c4cc3c3c(C)ccc2c13)c76. The molecule has 0 aliphatic carbocycles. The van der Waals surface area contributed by atoms with Crippen LogP contribution in [0.3, 0.4) is 0 Å². The van der Waals surface area contributed by atoms with Crippen LogP contribution in [0.15, 0.2) is 146 Å². The minimum atomic E-state index is 1.26. The molecular formula is C48H30. The summed E-state index contributed by atoms with van der Waals surface area (Å²) in [6, 6.07) is 55.0. The van der Waals surface area contributed by atoms with E-state index in [1.54, 1.807) is 0 Å². The normalized spacial score (nSPS) is 12.4. The Kier molecular flexibility index (Phi) is 5.07. The number of rotatable bonds is 2. The summed E-state index contributed by atoms with van der Waals surface area (Å²) in [7, 11) is 0. The Balaban J connectivity index is 1.47. The zero-order valence-corrected chi connectivity index (χ0v) is 26.9. The largest absolute Gasteiger partial charge is 0.0622 e. The number of aryl methyl sites for hydroxylation is 2. The van der Waals surface area contributed by atoms with Crippen LogP contribution in [-0.4, -0.2) is 0 Å². The van der Waals surface area contributed by atoms with Crippen LogP contribution in [0.25, 0.3) is 108 Å². The summed E-state index contributed by atoms with van der Waals surface area (Å²) in [6.45, 7) is 4.48. The van der Waals surface area contributed by atoms with Crippen LogP contribution in [0.2, 0.25) is 0 Å². The molecule has 0 unspecified atom stereocenters. The van der Waals surface area contributed by atoms with Gasteiger partial charge in [0.2, 0.25) is 0 Å². The monoisotopic (exact) mass is 606 g/mol. The quantitative estimate of drug-likeness (QED) is 0.172. The first-order valence-electron chi connectivity index (χ1n) is 16.9. The second-order valence-electron chi connectivity index (χ2n) is 13.7. The highest BCUT2D eigenvalue weighted by Crippen LogP contribution is 2.53. The van der Waals surface area contributed by atoms with Gasteiger partial charge in [-0.25, -0.2) is 0 Å². The molecule has 11 aromatic rings. The van der Waals surface area contributed by atoms with E-state index in [9.17, 15) is 0 Å². The van der Waals surface area contributed by atoms with Crippen molar-refractivity contribution in [2.24, 2.45) is 0 Å². The van der Waals surface area contributed by atoms with Crippen molar-refractivity contribution in [3.8, 4) is 22.3 Å². The van der Waals surface area contributed by atoms with Gasteiger partial charge in [-0.1, -0.05) is 133 Å². The van der Waals surface area contributed by atoms with Crippen LogP contribution in [0.1, 0.15) is 11.1 Å². The molecule has 11 rings (SSSR count). The van der Waals surface area contributed by atoms with Gasteiger partial charge in [-0.3, -0.25) is 0 Å². The van der Waals surface area contributed by atoms with E-state index >= 15 is 0 Å². The van der Waals surface area contributed by atoms with Crippen molar-refractivity contribution in [2.45, 2.75) is 13.8 Å². The van der Waals surface area contributed by atoms with E-state index in [2.05, 4.69) is 159 Å². The van der Waals surface area contributed by atoms with E-state index in [1.165, 1.54) is 120 Å². The maximum absolute atomic E-state index is 2.54. The molecule has 0 aromatic heterocycles. The first-order chi connectivity index (χ1) is 23.7. The molecule has 0 heterocycles. The highest BCUT2D eigenvalue weighted by atomic mass is 14.3. The van der Waals surface area contributed by atoms with Crippen molar-refractivity contribution in [3.63, 3.8) is 0 Å². The van der Waals surface area contributed by atoms with Crippen molar-refractivity contribution in [2.75, 3.05) is 0 Å². The maximum Gasteiger partial charge on any atom is -0.000741 e. The smallest absolute Gasteiger partial charge is 0.000741 e. The molecule has 0 atom stereocenters. The molecule has 0 N–H and O–H groups in total. The number of hydrogen-bond acceptors (Lipinski definition) is 0. The molecule has 0 bridgehead atoms. The third-order valence-electron chi connectivity index (χ3n) is 11.1. The first-order valence-corrected chi connectivity index (χ1v) is 16.9. The summed E-state index contributed by atoms with van der Waals surface area (Å²) >= 11 is 0. The average Bonchev–Trinajstić information content (AvgIpc) is 3.62. The van der Waals surface area contributed by atoms with Crippen molar-refractivity contribution < 1.29 is 0 Å². The third kappa shape index (κ3) is 3.29. The molecule has 0 saturated carbocycles. The molecule has 0 radical (unpaired) electrons. The van der Waals surface area contributed by atoms with E-state index in [-0.39, 0.29) is 0 Å². The minimum absolute atomic E-state index is 1.26. The van der Waals surface area contributed by atoms with Gasteiger partial charge in [0.05, 0.1) is 0 Å². The molecule has 0 nitrogen and oxygen atoms in total. The molecule has 0 spiro atoms. The van der Waals surface area contributed by atoms with Crippen LogP contribution in [0.5, 0.6) is 0 Å². The molecular weight excluding hydrogens is 577 g/mol. The van der Waals surface area contributed by atoms with Gasteiger partial charge >= 0.3 is 0 Å². The average molecular weight is 607 g/mol. The second-order valence-corrected chi connectivity index (χ2v) is 13.7. The molecule has 48 heavy (non-hydrogen) atoms. The lowest BCUT2D eigenvalue weighted by Crippen LogP contribution is -1.90. The molecule has 222 valence electrons. The van der Waals surface area contributed by atoms with Gasteiger partial charge in [-0.2, -0.15) is 0 Å². The van der Waals surface area contributed by atoms with E-state index in [0.29, 0.717) is 0 Å². The van der Waals surface area contributed by atoms with Crippen LogP contribution in [-0.2, 0) is 0 Å². The fourth-order valence-electron chi connectivity index (χ4n) is 9.11. The van der Waals surface area contributed by atoms with Gasteiger partial charge in [0.1, 0.15) is 0 Å². The Morgan fingerprint density at radius 1 is 0.292 bits per heavy atom. The maximum atomic E-state index is 2.54. The molecule has 11 aromatic carbocycles. The predicted molar refractivity (Wildman–Crippen MR) is 209 cm³/mol. The van der Waals surface area contributed by atoms with E-state index < -0.39 is 0 Å². The molecule has 0 aliphatic rings. The summed E-state index contributed by atoms with van der Waals surface area (Å²) in [6.07, 6.45) is 0. The lowest BCUT2D eigenvalue weighted by Gasteiger charge is -2.17. The molecule has 0 fully saturated rings. The van der Waals surface area contributed by atoms with Gasteiger partial charge in [0, 0.05) is 0 Å². The summed E-state index contributed by atoms with van der Waals surface area (Å²) in [5, 5.41) is 21.4. The molecule has 0 saturated heterocycles. The zero-order valence-electron chi connectivity index (χ0n) is 26.9. The Morgan fingerprint density at radius 3 is 1.52 bits per heavy atom. The van der Waals surface area contributed by atoms with Crippen molar-refractivity contribution in [1.29, 1.82) is 0 Å². The minimum Gasteiger partial charge on any atom is -0.0622 e. The fourth-order valence-corrected chi connectivity index (χ4v) is 9.11. The van der Waals surface area contributed by atoms with Crippen molar-refractivity contribution >= 4 is 86.2 Å². The van der Waals surface area contributed by atoms with Gasteiger partial charge in [-0.05, 0) is 146 Å². The van der Waals surface area contributed by atoms with Gasteiger partial charge < -0.3 is 0 Å². The summed E-state index contributed by atoms with van der Waals surface area (Å²) in [5.74, 6) is 0. The van der Waals surface area contributed by atoms with Gasteiger partial charge in [0.25, 0.3) is 0 Å². The summed E-state index contributed by atoms with van der Waals surface area (Å²) in [5.41, 5.74) is 7.79. The summed E-state index contributed by atoms with van der Waals surface area (Å²) < 4.78 is 0. The lowest BCUT2D eigenvalue weighted by atomic mass is 9.85.